The second-order valence-corrected chi connectivity index (χ2v) is 4.75. The molecule has 2 heterocycles. The fraction of sp³-hybridized carbons (Fsp3) is 0.429. The molecule has 0 saturated carbocycles. The number of nitrogens with zero attached hydrogens (tertiary/aromatic N) is 2. The van der Waals surface area contributed by atoms with Gasteiger partial charge in [0, 0.05) is 12.6 Å². The zero-order chi connectivity index (χ0) is 15.4. The van der Waals surface area contributed by atoms with E-state index in [1.807, 2.05) is 6.92 Å². The van der Waals surface area contributed by atoms with E-state index in [9.17, 15) is 8.78 Å². The summed E-state index contributed by atoms with van der Waals surface area (Å²) in [6.45, 7) is 6.03. The summed E-state index contributed by atoms with van der Waals surface area (Å²) in [7, 11) is 0. The van der Waals surface area contributed by atoms with Crippen LogP contribution in [0.15, 0.2) is 16.7 Å². The smallest absolute Gasteiger partial charge is 0.216 e. The average molecular weight is 296 g/mol. The van der Waals surface area contributed by atoms with Gasteiger partial charge in [-0.25, -0.2) is 18.7 Å². The first-order valence-electron chi connectivity index (χ1n) is 6.80. The molecule has 1 unspecified atom stereocenters. The number of nitrogens with one attached hydrogen (secondary N) is 2. The fourth-order valence-electron chi connectivity index (χ4n) is 1.77. The van der Waals surface area contributed by atoms with Gasteiger partial charge >= 0.3 is 0 Å². The average Bonchev–Trinajstić information content (AvgIpc) is 2.87. The summed E-state index contributed by atoms with van der Waals surface area (Å²) in [6, 6.07) is 0.422. The minimum Gasteiger partial charge on any atom is -0.444 e. The molecule has 2 aromatic rings. The van der Waals surface area contributed by atoms with Crippen LogP contribution in [-0.2, 0) is 0 Å². The highest BCUT2D eigenvalue weighted by molar-refractivity contribution is 5.48. The van der Waals surface area contributed by atoms with Crippen LogP contribution in [0.3, 0.4) is 0 Å². The maximum Gasteiger partial charge on any atom is 0.216 e. The molecule has 0 spiro atoms. The largest absolute Gasteiger partial charge is 0.444 e. The van der Waals surface area contributed by atoms with E-state index in [4.69, 9.17) is 4.42 Å². The van der Waals surface area contributed by atoms with Gasteiger partial charge < -0.3 is 15.1 Å². The second kappa shape index (κ2) is 6.51. The van der Waals surface area contributed by atoms with Gasteiger partial charge in [0.1, 0.15) is 11.8 Å². The zero-order valence-corrected chi connectivity index (χ0v) is 12.2. The number of hydrogen-bond acceptors (Lipinski definition) is 5. The summed E-state index contributed by atoms with van der Waals surface area (Å²) in [5, 5.41) is 5.65. The van der Waals surface area contributed by atoms with Crippen molar-refractivity contribution >= 4 is 11.6 Å². The Morgan fingerprint density at radius 2 is 2.00 bits per heavy atom. The van der Waals surface area contributed by atoms with Crippen molar-refractivity contribution < 1.29 is 13.2 Å². The van der Waals surface area contributed by atoms with Crippen molar-refractivity contribution in [2.45, 2.75) is 33.2 Å². The van der Waals surface area contributed by atoms with Crippen molar-refractivity contribution in [3.8, 4) is 0 Å². The van der Waals surface area contributed by atoms with Crippen LogP contribution in [0, 0.1) is 18.6 Å². The molecule has 2 rings (SSSR count). The summed E-state index contributed by atoms with van der Waals surface area (Å²) in [5.74, 6) is -0.414. The molecule has 5 nitrogen and oxygen atoms in total. The topological polar surface area (TPSA) is 63.0 Å². The Balaban J connectivity index is 2.18. The van der Waals surface area contributed by atoms with Crippen LogP contribution < -0.4 is 10.6 Å². The fourth-order valence-corrected chi connectivity index (χ4v) is 1.77. The highest BCUT2D eigenvalue weighted by Gasteiger charge is 2.17. The summed E-state index contributed by atoms with van der Waals surface area (Å²) in [4.78, 5) is 8.00. The third-order valence-corrected chi connectivity index (χ3v) is 2.83. The van der Waals surface area contributed by atoms with Crippen molar-refractivity contribution in [1.29, 1.82) is 0 Å². The third kappa shape index (κ3) is 3.68. The van der Waals surface area contributed by atoms with Gasteiger partial charge in [0.15, 0.2) is 23.3 Å². The minimum atomic E-state index is -0.760. The van der Waals surface area contributed by atoms with Gasteiger partial charge in [-0.05, 0) is 20.3 Å². The number of oxazole rings is 1. The van der Waals surface area contributed by atoms with Gasteiger partial charge in [-0.15, -0.1) is 0 Å². The van der Waals surface area contributed by atoms with Gasteiger partial charge in [-0.3, -0.25) is 0 Å². The summed E-state index contributed by atoms with van der Waals surface area (Å²) in [5.41, 5.74) is 0. The summed E-state index contributed by atoms with van der Waals surface area (Å²) in [6.07, 6.45) is 2.39. The highest BCUT2D eigenvalue weighted by atomic mass is 19.1. The molecule has 0 saturated heterocycles. The number of rotatable bonds is 6. The van der Waals surface area contributed by atoms with E-state index in [1.54, 1.807) is 20.0 Å². The predicted molar refractivity (Wildman–Crippen MR) is 76.2 cm³/mol. The molecular formula is C14H18F2N4O. The van der Waals surface area contributed by atoms with Crippen LogP contribution >= 0.6 is 0 Å². The maximum absolute atomic E-state index is 13.8. The minimum absolute atomic E-state index is 0.0246. The monoisotopic (exact) mass is 296 g/mol. The lowest BCUT2D eigenvalue weighted by molar-refractivity contribution is 0.452. The first-order valence-corrected chi connectivity index (χ1v) is 6.80. The van der Waals surface area contributed by atoms with Crippen LogP contribution in [-0.4, -0.2) is 16.5 Å². The van der Waals surface area contributed by atoms with Crippen molar-refractivity contribution in [2.75, 3.05) is 17.2 Å². The number of aryl methyl sites for hydroxylation is 1. The molecule has 0 aliphatic heterocycles. The lowest BCUT2D eigenvalue weighted by Gasteiger charge is -2.14. The number of pyridine rings is 1. The standard InChI is InChI=1S/C14H18F2N4O/c1-4-5-17-12-10(15)6-11(16)13(20-12)19-9(3)14-18-7-8(2)21-14/h6-7,9H,4-5H2,1-3H3,(H2,17,19,20). The van der Waals surface area contributed by atoms with Gasteiger partial charge in [-0.1, -0.05) is 6.92 Å². The van der Waals surface area contributed by atoms with Gasteiger partial charge in [0.2, 0.25) is 5.89 Å². The maximum atomic E-state index is 13.8. The van der Waals surface area contributed by atoms with E-state index < -0.39 is 11.6 Å². The van der Waals surface area contributed by atoms with E-state index in [2.05, 4.69) is 20.6 Å². The molecule has 1 atom stereocenters. The molecule has 0 amide bonds. The van der Waals surface area contributed by atoms with Crippen LogP contribution in [0.2, 0.25) is 0 Å². The highest BCUT2D eigenvalue weighted by Crippen LogP contribution is 2.23. The predicted octanol–water partition coefficient (Wildman–Crippen LogP) is 3.65. The number of hydrogen-bond donors (Lipinski definition) is 2. The van der Waals surface area contributed by atoms with E-state index in [0.717, 1.165) is 12.5 Å². The van der Waals surface area contributed by atoms with E-state index in [1.165, 1.54) is 0 Å². The normalized spacial score (nSPS) is 12.2. The lowest BCUT2D eigenvalue weighted by atomic mass is 10.3. The molecule has 0 aliphatic rings. The Labute approximate surface area is 121 Å². The Bertz CT molecular complexity index is 615. The number of aromatic nitrogens is 2. The quantitative estimate of drug-likeness (QED) is 0.852. The Morgan fingerprint density at radius 1 is 1.29 bits per heavy atom. The number of halogens is 2. The van der Waals surface area contributed by atoms with E-state index >= 15 is 0 Å². The summed E-state index contributed by atoms with van der Waals surface area (Å²) >= 11 is 0. The molecule has 7 heteroatoms. The van der Waals surface area contributed by atoms with Crippen LogP contribution in [0.4, 0.5) is 20.4 Å². The van der Waals surface area contributed by atoms with Gasteiger partial charge in [-0.2, -0.15) is 0 Å². The molecule has 21 heavy (non-hydrogen) atoms. The van der Waals surface area contributed by atoms with Crippen LogP contribution in [0.1, 0.15) is 38.0 Å². The van der Waals surface area contributed by atoms with Crippen molar-refractivity contribution in [3.05, 3.63) is 35.5 Å². The molecule has 0 radical (unpaired) electrons. The molecule has 2 aromatic heterocycles. The SMILES string of the molecule is CCCNc1nc(NC(C)c2ncc(C)o2)c(F)cc1F. The molecule has 0 aromatic carbocycles. The van der Waals surface area contributed by atoms with E-state index in [-0.39, 0.29) is 17.7 Å². The Morgan fingerprint density at radius 3 is 2.62 bits per heavy atom. The van der Waals surface area contributed by atoms with Crippen LogP contribution in [0.5, 0.6) is 0 Å². The molecule has 0 aliphatic carbocycles. The molecule has 2 N–H and O–H groups in total. The molecule has 0 bridgehead atoms. The number of anilines is 2. The first-order chi connectivity index (χ1) is 10.0. The first kappa shape index (κ1) is 15.2. The lowest BCUT2D eigenvalue weighted by Crippen LogP contribution is -2.12. The Kier molecular flexibility index (Phi) is 4.72. The molecular weight excluding hydrogens is 278 g/mol. The second-order valence-electron chi connectivity index (χ2n) is 4.75. The summed E-state index contributed by atoms with van der Waals surface area (Å²) < 4.78 is 32.7. The Hall–Kier alpha value is -2.18. The third-order valence-electron chi connectivity index (χ3n) is 2.83. The zero-order valence-electron chi connectivity index (χ0n) is 12.2. The van der Waals surface area contributed by atoms with Gasteiger partial charge in [0.05, 0.1) is 6.20 Å². The van der Waals surface area contributed by atoms with Crippen molar-refractivity contribution in [3.63, 3.8) is 0 Å². The van der Waals surface area contributed by atoms with Crippen molar-refractivity contribution in [2.24, 2.45) is 0 Å². The van der Waals surface area contributed by atoms with Crippen molar-refractivity contribution in [1.82, 2.24) is 9.97 Å². The molecule has 0 fully saturated rings. The van der Waals surface area contributed by atoms with Crippen LogP contribution in [0.25, 0.3) is 0 Å². The molecule has 114 valence electrons. The van der Waals surface area contributed by atoms with Gasteiger partial charge in [0.25, 0.3) is 0 Å². The van der Waals surface area contributed by atoms with E-state index in [0.29, 0.717) is 18.2 Å².